The first-order chi connectivity index (χ1) is 8.19. The molecule has 0 aromatic carbocycles. The zero-order chi connectivity index (χ0) is 11.7. The van der Waals surface area contributed by atoms with Crippen LogP contribution in [-0.2, 0) is 14.2 Å². The highest BCUT2D eigenvalue weighted by atomic mass is 16.7. The Labute approximate surface area is 99.3 Å². The number of rotatable bonds is 1. The Balaban J connectivity index is 1.76. The van der Waals surface area contributed by atoms with Crippen LogP contribution in [0.15, 0.2) is 12.2 Å². The van der Waals surface area contributed by atoms with E-state index < -0.39 is 5.79 Å². The highest BCUT2D eigenvalue weighted by molar-refractivity contribution is 5.71. The molecule has 4 atom stereocenters. The number of amides is 1. The van der Waals surface area contributed by atoms with Crippen molar-refractivity contribution in [2.24, 2.45) is 5.92 Å². The molecule has 17 heavy (non-hydrogen) atoms. The van der Waals surface area contributed by atoms with Gasteiger partial charge in [-0.2, -0.15) is 0 Å². The van der Waals surface area contributed by atoms with Crippen LogP contribution in [0.5, 0.6) is 0 Å². The fraction of sp³-hybridized carbons (Fsp3) is 0.750. The van der Waals surface area contributed by atoms with E-state index in [0.29, 0.717) is 12.5 Å². The van der Waals surface area contributed by atoms with Crippen molar-refractivity contribution in [1.82, 2.24) is 4.90 Å². The fourth-order valence-corrected chi connectivity index (χ4v) is 3.79. The van der Waals surface area contributed by atoms with Gasteiger partial charge < -0.3 is 14.2 Å². The van der Waals surface area contributed by atoms with Gasteiger partial charge in [-0.05, 0) is 18.6 Å². The quantitative estimate of drug-likeness (QED) is 0.636. The lowest BCUT2D eigenvalue weighted by atomic mass is 9.73. The van der Waals surface area contributed by atoms with E-state index in [4.69, 9.17) is 14.2 Å². The molecular formula is C12H15NO4. The van der Waals surface area contributed by atoms with Crippen molar-refractivity contribution in [1.29, 1.82) is 0 Å². The number of piperidine rings is 1. The summed E-state index contributed by atoms with van der Waals surface area (Å²) < 4.78 is 16.8. The minimum absolute atomic E-state index is 0.0181. The van der Waals surface area contributed by atoms with Crippen LogP contribution in [0.1, 0.15) is 12.8 Å². The van der Waals surface area contributed by atoms with E-state index in [-0.39, 0.29) is 17.7 Å². The summed E-state index contributed by atoms with van der Waals surface area (Å²) in [6.45, 7) is 1.20. The zero-order valence-corrected chi connectivity index (χ0v) is 9.72. The van der Waals surface area contributed by atoms with Gasteiger partial charge in [0.1, 0.15) is 18.2 Å². The summed E-state index contributed by atoms with van der Waals surface area (Å²) in [5, 5.41) is 0. The number of methoxy groups -OCH3 is 1. The third-order valence-electron chi connectivity index (χ3n) is 4.68. The molecule has 2 bridgehead atoms. The van der Waals surface area contributed by atoms with Crippen molar-refractivity contribution in [2.45, 2.75) is 30.3 Å². The van der Waals surface area contributed by atoms with Crippen molar-refractivity contribution >= 4 is 6.09 Å². The van der Waals surface area contributed by atoms with E-state index in [9.17, 15) is 4.79 Å². The van der Waals surface area contributed by atoms with Gasteiger partial charge in [0, 0.05) is 26.0 Å². The lowest BCUT2D eigenvalue weighted by Crippen LogP contribution is -2.58. The lowest BCUT2D eigenvalue weighted by molar-refractivity contribution is -0.197. The summed E-state index contributed by atoms with van der Waals surface area (Å²) in [4.78, 5) is 13.4. The number of carbonyl (C=O) groups is 1. The van der Waals surface area contributed by atoms with Crippen LogP contribution in [0.3, 0.4) is 0 Å². The molecule has 5 heteroatoms. The molecule has 0 aromatic rings. The van der Waals surface area contributed by atoms with E-state index in [2.05, 4.69) is 6.08 Å². The largest absolute Gasteiger partial charge is 0.447 e. The van der Waals surface area contributed by atoms with Gasteiger partial charge in [0.15, 0.2) is 5.79 Å². The van der Waals surface area contributed by atoms with Gasteiger partial charge in [-0.3, -0.25) is 4.90 Å². The first-order valence-corrected chi connectivity index (χ1v) is 6.08. The maximum absolute atomic E-state index is 11.6. The van der Waals surface area contributed by atoms with Crippen molar-refractivity contribution in [3.05, 3.63) is 12.2 Å². The van der Waals surface area contributed by atoms with E-state index in [1.165, 1.54) is 0 Å². The highest BCUT2D eigenvalue weighted by Crippen LogP contribution is 2.56. The van der Waals surface area contributed by atoms with Gasteiger partial charge in [-0.15, -0.1) is 0 Å². The molecule has 4 rings (SSSR count). The minimum Gasteiger partial charge on any atom is -0.447 e. The van der Waals surface area contributed by atoms with Crippen LogP contribution >= 0.6 is 0 Å². The smallest absolute Gasteiger partial charge is 0.410 e. The molecule has 0 saturated carbocycles. The second kappa shape index (κ2) is 2.84. The Morgan fingerprint density at radius 3 is 3.24 bits per heavy atom. The first kappa shape index (κ1) is 9.91. The van der Waals surface area contributed by atoms with Crippen LogP contribution in [-0.4, -0.2) is 48.7 Å². The van der Waals surface area contributed by atoms with Gasteiger partial charge in [0.05, 0.1) is 0 Å². The van der Waals surface area contributed by atoms with Gasteiger partial charge in [-0.25, -0.2) is 4.79 Å². The summed E-state index contributed by atoms with van der Waals surface area (Å²) in [6.07, 6.45) is 5.72. The minimum atomic E-state index is -0.563. The van der Waals surface area contributed by atoms with Gasteiger partial charge >= 0.3 is 6.09 Å². The predicted molar refractivity (Wildman–Crippen MR) is 57.3 cm³/mol. The molecule has 0 radical (unpaired) electrons. The molecule has 3 fully saturated rings. The van der Waals surface area contributed by atoms with Crippen LogP contribution in [0.4, 0.5) is 4.79 Å². The average Bonchev–Trinajstić information content (AvgIpc) is 2.98. The molecule has 0 aliphatic carbocycles. The maximum atomic E-state index is 11.6. The third-order valence-corrected chi connectivity index (χ3v) is 4.68. The second-order valence-corrected chi connectivity index (χ2v) is 5.28. The summed E-state index contributed by atoms with van der Waals surface area (Å²) in [5.41, 5.74) is -0.375. The molecule has 0 unspecified atom stereocenters. The number of fused-ring (bicyclic) bond motifs is 2. The zero-order valence-electron chi connectivity index (χ0n) is 9.72. The Morgan fingerprint density at radius 2 is 2.41 bits per heavy atom. The standard InChI is InChI=1S/C12H15NO4/c1-15-11-3-4-12(17-11)8(6-11)2-5-13-9(12)7-16-10(13)14/h3-4,8-9H,2,5-7H2,1H3/t8-,9+,11-,12+/m1/s1. The van der Waals surface area contributed by atoms with E-state index in [1.807, 2.05) is 6.08 Å². The summed E-state index contributed by atoms with van der Waals surface area (Å²) in [6, 6.07) is 0.0181. The molecule has 0 aromatic heterocycles. The topological polar surface area (TPSA) is 48.0 Å². The molecule has 4 aliphatic heterocycles. The normalized spacial score (nSPS) is 50.4. The number of cyclic esters (lactones) is 1. The SMILES string of the molecule is CO[C@]12C=C[C@]3(O1)[C@H](CCN1C(=O)OC[C@H]13)C2. The van der Waals surface area contributed by atoms with E-state index in [1.54, 1.807) is 12.0 Å². The second-order valence-electron chi connectivity index (χ2n) is 5.28. The van der Waals surface area contributed by atoms with Crippen LogP contribution in [0.25, 0.3) is 0 Å². The number of nitrogens with zero attached hydrogens (tertiary/aromatic N) is 1. The first-order valence-electron chi connectivity index (χ1n) is 6.08. The van der Waals surface area contributed by atoms with Crippen LogP contribution < -0.4 is 0 Å². The van der Waals surface area contributed by atoms with Crippen molar-refractivity contribution in [2.75, 3.05) is 20.3 Å². The van der Waals surface area contributed by atoms with Gasteiger partial charge in [-0.1, -0.05) is 0 Å². The molecule has 0 N–H and O–H groups in total. The van der Waals surface area contributed by atoms with Gasteiger partial charge in [0.2, 0.25) is 0 Å². The number of hydrogen-bond donors (Lipinski definition) is 0. The van der Waals surface area contributed by atoms with Crippen molar-refractivity contribution < 1.29 is 19.0 Å². The molecule has 5 nitrogen and oxygen atoms in total. The Morgan fingerprint density at radius 1 is 1.53 bits per heavy atom. The molecule has 92 valence electrons. The Bertz CT molecular complexity index is 423. The fourth-order valence-electron chi connectivity index (χ4n) is 3.79. The van der Waals surface area contributed by atoms with E-state index in [0.717, 1.165) is 19.4 Å². The highest BCUT2D eigenvalue weighted by Gasteiger charge is 2.66. The molecule has 3 saturated heterocycles. The van der Waals surface area contributed by atoms with Crippen LogP contribution in [0.2, 0.25) is 0 Å². The van der Waals surface area contributed by atoms with Crippen molar-refractivity contribution in [3.63, 3.8) is 0 Å². The molecule has 4 heterocycles. The average molecular weight is 237 g/mol. The van der Waals surface area contributed by atoms with Crippen molar-refractivity contribution in [3.8, 4) is 0 Å². The maximum Gasteiger partial charge on any atom is 0.410 e. The molecular weight excluding hydrogens is 222 g/mol. The van der Waals surface area contributed by atoms with Gasteiger partial charge in [0.25, 0.3) is 0 Å². The summed E-state index contributed by atoms with van der Waals surface area (Å²) in [7, 11) is 1.68. The lowest BCUT2D eigenvalue weighted by Gasteiger charge is -2.43. The third kappa shape index (κ3) is 1.00. The number of hydrogen-bond acceptors (Lipinski definition) is 4. The molecule has 1 spiro atoms. The molecule has 4 aliphatic rings. The number of ether oxygens (including phenoxy) is 3. The van der Waals surface area contributed by atoms with E-state index >= 15 is 0 Å². The number of carbonyl (C=O) groups excluding carboxylic acids is 1. The van der Waals surface area contributed by atoms with Crippen LogP contribution in [0, 0.1) is 5.92 Å². The Hall–Kier alpha value is -1.07. The Kier molecular flexibility index (Phi) is 1.66. The molecule has 1 amide bonds. The predicted octanol–water partition coefficient (Wildman–Crippen LogP) is 0.899. The summed E-state index contributed by atoms with van der Waals surface area (Å²) in [5.74, 6) is -0.130. The summed E-state index contributed by atoms with van der Waals surface area (Å²) >= 11 is 0. The monoisotopic (exact) mass is 237 g/mol.